The largest absolute Gasteiger partial charge is 0.480 e. The lowest BCUT2D eigenvalue weighted by atomic mass is 10.2. The minimum atomic E-state index is -0.842. The van der Waals surface area contributed by atoms with Crippen LogP contribution in [0.4, 0.5) is 0 Å². The van der Waals surface area contributed by atoms with Gasteiger partial charge in [0, 0.05) is 0 Å². The third-order valence-corrected chi connectivity index (χ3v) is 3.04. The molecule has 21 heavy (non-hydrogen) atoms. The summed E-state index contributed by atoms with van der Waals surface area (Å²) in [5, 5.41) is 20.6. The molecule has 7 heteroatoms. The minimum Gasteiger partial charge on any atom is -0.480 e. The van der Waals surface area contributed by atoms with Gasteiger partial charge in [-0.05, 0) is 29.0 Å². The van der Waals surface area contributed by atoms with Crippen molar-refractivity contribution in [2.45, 2.75) is 26.4 Å². The summed E-state index contributed by atoms with van der Waals surface area (Å²) in [4.78, 5) is 12.7. The maximum Gasteiger partial charge on any atom is 0.317 e. The maximum atomic E-state index is 10.9. The second kappa shape index (κ2) is 7.49. The Morgan fingerprint density at radius 2 is 2.10 bits per heavy atom. The Balaban J connectivity index is 2.06. The molecule has 0 fully saturated rings. The molecule has 0 aliphatic heterocycles. The fourth-order valence-electron chi connectivity index (χ4n) is 2.14. The van der Waals surface area contributed by atoms with Gasteiger partial charge in [-0.1, -0.05) is 37.3 Å². The molecule has 7 nitrogen and oxygen atoms in total. The number of carboxylic acids is 1. The van der Waals surface area contributed by atoms with Crippen LogP contribution in [-0.4, -0.2) is 49.3 Å². The number of carboxylic acid groups (broad SMARTS) is 1. The van der Waals surface area contributed by atoms with Gasteiger partial charge >= 0.3 is 5.97 Å². The SMILES string of the molecule is CCCN(CC(=O)O)Cc1nnnn1Cc1ccccc1. The van der Waals surface area contributed by atoms with Crippen molar-refractivity contribution in [1.29, 1.82) is 0 Å². The summed E-state index contributed by atoms with van der Waals surface area (Å²) in [5.74, 6) is -0.168. The van der Waals surface area contributed by atoms with Gasteiger partial charge in [0.15, 0.2) is 5.82 Å². The normalized spacial score (nSPS) is 11.0. The first-order valence-corrected chi connectivity index (χ1v) is 6.92. The molecular weight excluding hydrogens is 270 g/mol. The first-order valence-electron chi connectivity index (χ1n) is 6.92. The zero-order chi connectivity index (χ0) is 15.1. The average molecular weight is 289 g/mol. The van der Waals surface area contributed by atoms with E-state index < -0.39 is 5.97 Å². The lowest BCUT2D eigenvalue weighted by molar-refractivity contribution is -0.138. The van der Waals surface area contributed by atoms with Gasteiger partial charge in [-0.15, -0.1) is 5.10 Å². The molecule has 1 N–H and O–H groups in total. The van der Waals surface area contributed by atoms with Crippen LogP contribution < -0.4 is 0 Å². The number of hydrogen-bond donors (Lipinski definition) is 1. The summed E-state index contributed by atoms with van der Waals surface area (Å²) in [6.07, 6.45) is 0.882. The van der Waals surface area contributed by atoms with E-state index in [1.807, 2.05) is 42.2 Å². The van der Waals surface area contributed by atoms with Crippen LogP contribution in [0, 0.1) is 0 Å². The molecule has 0 spiro atoms. The lowest BCUT2D eigenvalue weighted by Crippen LogP contribution is -2.31. The fraction of sp³-hybridized carbons (Fsp3) is 0.429. The van der Waals surface area contributed by atoms with Gasteiger partial charge in [0.1, 0.15) is 0 Å². The molecule has 0 atom stereocenters. The van der Waals surface area contributed by atoms with Crippen LogP contribution in [0.5, 0.6) is 0 Å². The average Bonchev–Trinajstić information content (AvgIpc) is 2.87. The van der Waals surface area contributed by atoms with Gasteiger partial charge in [0.2, 0.25) is 0 Å². The molecular formula is C14H19N5O2. The van der Waals surface area contributed by atoms with E-state index in [9.17, 15) is 4.79 Å². The minimum absolute atomic E-state index is 0.00790. The van der Waals surface area contributed by atoms with Gasteiger partial charge in [0.25, 0.3) is 0 Å². The lowest BCUT2D eigenvalue weighted by Gasteiger charge is -2.18. The summed E-state index contributed by atoms with van der Waals surface area (Å²) in [6, 6.07) is 9.90. The summed E-state index contributed by atoms with van der Waals surface area (Å²) in [5.41, 5.74) is 1.10. The molecule has 2 rings (SSSR count). The Morgan fingerprint density at radius 1 is 1.33 bits per heavy atom. The predicted octanol–water partition coefficient (Wildman–Crippen LogP) is 1.02. The van der Waals surface area contributed by atoms with Gasteiger partial charge in [-0.2, -0.15) is 0 Å². The Hall–Kier alpha value is -2.28. The van der Waals surface area contributed by atoms with Gasteiger partial charge < -0.3 is 5.11 Å². The van der Waals surface area contributed by atoms with Crippen LogP contribution in [0.15, 0.2) is 30.3 Å². The molecule has 0 radical (unpaired) electrons. The second-order valence-electron chi connectivity index (χ2n) is 4.84. The third-order valence-electron chi connectivity index (χ3n) is 3.04. The highest BCUT2D eigenvalue weighted by molar-refractivity contribution is 5.69. The molecule has 1 aromatic heterocycles. The fourth-order valence-corrected chi connectivity index (χ4v) is 2.14. The molecule has 0 saturated carbocycles. The van der Waals surface area contributed by atoms with E-state index >= 15 is 0 Å². The molecule has 0 amide bonds. The molecule has 1 heterocycles. The van der Waals surface area contributed by atoms with Crippen molar-refractivity contribution in [3.63, 3.8) is 0 Å². The molecule has 0 aliphatic rings. The third kappa shape index (κ3) is 4.64. The molecule has 0 saturated heterocycles. The monoisotopic (exact) mass is 289 g/mol. The first kappa shape index (κ1) is 15.1. The Morgan fingerprint density at radius 3 is 2.76 bits per heavy atom. The predicted molar refractivity (Wildman–Crippen MR) is 76.6 cm³/mol. The molecule has 0 aliphatic carbocycles. The van der Waals surface area contributed by atoms with E-state index in [1.54, 1.807) is 4.68 Å². The second-order valence-corrected chi connectivity index (χ2v) is 4.84. The highest BCUT2D eigenvalue weighted by Gasteiger charge is 2.14. The Bertz CT molecular complexity index is 570. The Kier molecular flexibility index (Phi) is 5.39. The van der Waals surface area contributed by atoms with E-state index in [0.717, 1.165) is 12.0 Å². The van der Waals surface area contributed by atoms with Crippen molar-refractivity contribution in [1.82, 2.24) is 25.1 Å². The Labute approximate surface area is 123 Å². The van der Waals surface area contributed by atoms with Crippen molar-refractivity contribution >= 4 is 5.97 Å². The number of rotatable bonds is 8. The van der Waals surface area contributed by atoms with Crippen LogP contribution in [0.25, 0.3) is 0 Å². The van der Waals surface area contributed by atoms with Gasteiger partial charge in [0.05, 0.1) is 19.6 Å². The topological polar surface area (TPSA) is 84.1 Å². The quantitative estimate of drug-likeness (QED) is 0.781. The van der Waals surface area contributed by atoms with Gasteiger partial charge in [-0.3, -0.25) is 9.69 Å². The van der Waals surface area contributed by atoms with Crippen LogP contribution in [0.3, 0.4) is 0 Å². The summed E-state index contributed by atoms with van der Waals surface area (Å²) in [7, 11) is 0. The summed E-state index contributed by atoms with van der Waals surface area (Å²) >= 11 is 0. The highest BCUT2D eigenvalue weighted by atomic mass is 16.4. The maximum absolute atomic E-state index is 10.9. The number of benzene rings is 1. The smallest absolute Gasteiger partial charge is 0.317 e. The molecule has 0 bridgehead atoms. The number of tetrazole rings is 1. The van der Waals surface area contributed by atoms with Crippen molar-refractivity contribution in [3.8, 4) is 0 Å². The molecule has 112 valence electrons. The van der Waals surface area contributed by atoms with E-state index in [2.05, 4.69) is 15.5 Å². The number of aromatic nitrogens is 4. The van der Waals surface area contributed by atoms with Crippen molar-refractivity contribution in [2.75, 3.05) is 13.1 Å². The zero-order valence-corrected chi connectivity index (χ0v) is 12.0. The van der Waals surface area contributed by atoms with E-state index in [4.69, 9.17) is 5.11 Å². The van der Waals surface area contributed by atoms with Crippen molar-refractivity contribution in [2.24, 2.45) is 0 Å². The molecule has 2 aromatic rings. The molecule has 1 aromatic carbocycles. The van der Waals surface area contributed by atoms with Crippen LogP contribution in [0.2, 0.25) is 0 Å². The number of nitrogens with zero attached hydrogens (tertiary/aromatic N) is 5. The number of hydrogen-bond acceptors (Lipinski definition) is 5. The molecule has 0 unspecified atom stereocenters. The van der Waals surface area contributed by atoms with Crippen LogP contribution >= 0.6 is 0 Å². The van der Waals surface area contributed by atoms with E-state index in [1.165, 1.54) is 0 Å². The van der Waals surface area contributed by atoms with E-state index in [0.29, 0.717) is 25.5 Å². The summed E-state index contributed by atoms with van der Waals surface area (Å²) in [6.45, 7) is 3.72. The van der Waals surface area contributed by atoms with Gasteiger partial charge in [-0.25, -0.2) is 4.68 Å². The van der Waals surface area contributed by atoms with Crippen LogP contribution in [0.1, 0.15) is 24.7 Å². The first-order chi connectivity index (χ1) is 10.2. The van der Waals surface area contributed by atoms with Crippen LogP contribution in [-0.2, 0) is 17.9 Å². The standard InChI is InChI=1S/C14H19N5O2/c1-2-8-18(11-14(20)21)10-13-15-16-17-19(13)9-12-6-4-3-5-7-12/h3-7H,2,8-11H2,1H3,(H,20,21). The number of carbonyl (C=O) groups is 1. The van der Waals surface area contributed by atoms with Crippen molar-refractivity contribution < 1.29 is 9.90 Å². The van der Waals surface area contributed by atoms with E-state index in [-0.39, 0.29) is 6.54 Å². The number of aliphatic carboxylic acids is 1. The summed E-state index contributed by atoms with van der Waals surface area (Å²) < 4.78 is 1.71. The zero-order valence-electron chi connectivity index (χ0n) is 12.0. The highest BCUT2D eigenvalue weighted by Crippen LogP contribution is 2.06. The van der Waals surface area contributed by atoms with Crippen molar-refractivity contribution in [3.05, 3.63) is 41.7 Å².